The van der Waals surface area contributed by atoms with Crippen LogP contribution >= 0.6 is 11.3 Å². The minimum absolute atomic E-state index is 0.122. The van der Waals surface area contributed by atoms with Crippen molar-refractivity contribution in [3.63, 3.8) is 0 Å². The van der Waals surface area contributed by atoms with Gasteiger partial charge in [0.2, 0.25) is 0 Å². The lowest BCUT2D eigenvalue weighted by Gasteiger charge is -2.16. The van der Waals surface area contributed by atoms with Crippen molar-refractivity contribution < 1.29 is 19.4 Å². The number of aliphatic carboxylic acids is 1. The molecule has 184 valence electrons. The van der Waals surface area contributed by atoms with Gasteiger partial charge in [-0.3, -0.25) is 14.4 Å². The summed E-state index contributed by atoms with van der Waals surface area (Å²) in [4.78, 5) is 17.8. The lowest BCUT2D eigenvalue weighted by atomic mass is 9.98. The molecule has 2 atom stereocenters. The number of hydrogen-bond acceptors (Lipinski definition) is 7. The number of anilines is 2. The van der Waals surface area contributed by atoms with Crippen molar-refractivity contribution >= 4 is 34.4 Å². The van der Waals surface area contributed by atoms with Gasteiger partial charge in [-0.05, 0) is 62.7 Å². The zero-order valence-electron chi connectivity index (χ0n) is 19.9. The molecule has 0 bridgehead atoms. The van der Waals surface area contributed by atoms with E-state index >= 15 is 0 Å². The Morgan fingerprint density at radius 2 is 1.75 bits per heavy atom. The molecular formula is C26H24FN5O3S. The Kier molecular flexibility index (Phi) is 6.15. The van der Waals surface area contributed by atoms with Crippen LogP contribution in [0.3, 0.4) is 0 Å². The number of benzene rings is 2. The number of carboxylic acids is 1. The largest absolute Gasteiger partial charge is 0.481 e. The van der Waals surface area contributed by atoms with Crippen LogP contribution in [-0.4, -0.2) is 36.7 Å². The smallest absolute Gasteiger partial charge is 0.308 e. The molecule has 8 nitrogen and oxygen atoms in total. The highest BCUT2D eigenvalue weighted by Crippen LogP contribution is 2.41. The van der Waals surface area contributed by atoms with E-state index in [1.54, 1.807) is 19.1 Å². The van der Waals surface area contributed by atoms with Crippen LogP contribution in [-0.2, 0) is 11.4 Å². The molecule has 0 saturated carbocycles. The zero-order chi connectivity index (χ0) is 25.6. The second-order valence-corrected chi connectivity index (χ2v) is 9.77. The van der Waals surface area contributed by atoms with Crippen LogP contribution in [0.4, 0.5) is 15.8 Å². The van der Waals surface area contributed by atoms with Gasteiger partial charge in [-0.1, -0.05) is 12.1 Å². The van der Waals surface area contributed by atoms with Gasteiger partial charge in [0.15, 0.2) is 5.82 Å². The maximum absolute atomic E-state index is 13.2. The molecule has 2 aromatic carbocycles. The third-order valence-electron chi connectivity index (χ3n) is 6.35. The average molecular weight is 506 g/mol. The molecule has 1 unspecified atom stereocenters. The van der Waals surface area contributed by atoms with Gasteiger partial charge in [-0.25, -0.2) is 4.39 Å². The van der Waals surface area contributed by atoms with Crippen LogP contribution in [0.15, 0.2) is 53.5 Å². The summed E-state index contributed by atoms with van der Waals surface area (Å²) in [5, 5.41) is 32.4. The van der Waals surface area contributed by atoms with Gasteiger partial charge in [0.05, 0.1) is 18.2 Å². The fraction of sp³-hybridized carbons (Fsp3) is 0.231. The monoisotopic (exact) mass is 505 g/mol. The van der Waals surface area contributed by atoms with Crippen molar-refractivity contribution in [2.45, 2.75) is 33.4 Å². The number of thiophene rings is 1. The van der Waals surface area contributed by atoms with Crippen molar-refractivity contribution in [3.8, 4) is 5.00 Å². The predicted molar refractivity (Wildman–Crippen MR) is 136 cm³/mol. The molecule has 0 spiro atoms. The Balaban J connectivity index is 1.64. The van der Waals surface area contributed by atoms with Crippen LogP contribution in [0.5, 0.6) is 0 Å². The molecular weight excluding hydrogens is 481 g/mol. The van der Waals surface area contributed by atoms with Crippen molar-refractivity contribution in [3.05, 3.63) is 87.6 Å². The van der Waals surface area contributed by atoms with Crippen molar-refractivity contribution in [2.24, 2.45) is 10.9 Å². The summed E-state index contributed by atoms with van der Waals surface area (Å²) >= 11 is 1.43. The van der Waals surface area contributed by atoms with Gasteiger partial charge in [0.1, 0.15) is 22.7 Å². The lowest BCUT2D eigenvalue weighted by molar-refractivity contribution is -0.141. The molecule has 1 aliphatic rings. The summed E-state index contributed by atoms with van der Waals surface area (Å²) in [6, 6.07) is 12.9. The first-order chi connectivity index (χ1) is 17.3. The van der Waals surface area contributed by atoms with E-state index in [0.717, 1.165) is 37.9 Å². The van der Waals surface area contributed by atoms with E-state index in [1.165, 1.54) is 23.5 Å². The molecule has 36 heavy (non-hydrogen) atoms. The minimum atomic E-state index is -0.979. The molecule has 0 fully saturated rings. The summed E-state index contributed by atoms with van der Waals surface area (Å²) < 4.78 is 15.1. The molecule has 10 heteroatoms. The van der Waals surface area contributed by atoms with E-state index in [1.807, 2.05) is 42.7 Å². The molecule has 2 aromatic heterocycles. The van der Waals surface area contributed by atoms with E-state index in [9.17, 15) is 19.4 Å². The second-order valence-electron chi connectivity index (χ2n) is 8.69. The van der Waals surface area contributed by atoms with Crippen LogP contribution in [0.2, 0.25) is 0 Å². The van der Waals surface area contributed by atoms with Gasteiger partial charge >= 0.3 is 5.97 Å². The number of aromatic nitrogens is 3. The molecule has 0 radical (unpaired) electrons. The Morgan fingerprint density at radius 1 is 1.11 bits per heavy atom. The third kappa shape index (κ3) is 4.08. The second kappa shape index (κ2) is 9.29. The number of aliphatic hydroxyl groups is 1. The van der Waals surface area contributed by atoms with E-state index in [4.69, 9.17) is 4.99 Å². The highest BCUT2D eigenvalue weighted by atomic mass is 32.1. The van der Waals surface area contributed by atoms with Gasteiger partial charge in [-0.2, -0.15) is 0 Å². The Morgan fingerprint density at radius 3 is 2.36 bits per heavy atom. The van der Waals surface area contributed by atoms with Crippen molar-refractivity contribution in [1.82, 2.24) is 14.8 Å². The molecule has 3 N–H and O–H groups in total. The molecule has 4 aromatic rings. The minimum Gasteiger partial charge on any atom is -0.481 e. The quantitative estimate of drug-likeness (QED) is 0.342. The summed E-state index contributed by atoms with van der Waals surface area (Å²) in [6.45, 7) is 5.24. The first-order valence-corrected chi connectivity index (χ1v) is 12.2. The predicted octanol–water partition coefficient (Wildman–Crippen LogP) is 4.93. The first kappa shape index (κ1) is 23.8. The van der Waals surface area contributed by atoms with Crippen LogP contribution in [0, 0.1) is 25.6 Å². The molecule has 5 rings (SSSR count). The number of carboxylic acid groups (broad SMARTS) is 1. The molecule has 3 heterocycles. The number of carbonyl (C=O) groups is 1. The first-order valence-electron chi connectivity index (χ1n) is 11.4. The summed E-state index contributed by atoms with van der Waals surface area (Å²) in [5.74, 6) is -1.04. The normalized spacial score (nSPS) is 15.5. The van der Waals surface area contributed by atoms with E-state index in [0.29, 0.717) is 17.4 Å². The number of rotatable bonds is 6. The van der Waals surface area contributed by atoms with Gasteiger partial charge in [0.25, 0.3) is 0 Å². The average Bonchev–Trinajstić information content (AvgIpc) is 3.35. The molecule has 1 aliphatic heterocycles. The van der Waals surface area contributed by atoms with Crippen LogP contribution < -0.4 is 5.32 Å². The summed E-state index contributed by atoms with van der Waals surface area (Å²) in [6.07, 6.45) is 0. The topological polar surface area (TPSA) is 113 Å². The zero-order valence-corrected chi connectivity index (χ0v) is 20.7. The summed E-state index contributed by atoms with van der Waals surface area (Å²) in [5.41, 5.74) is 4.70. The van der Waals surface area contributed by atoms with Gasteiger partial charge in [0, 0.05) is 27.4 Å². The van der Waals surface area contributed by atoms with Crippen LogP contribution in [0.25, 0.3) is 5.00 Å². The maximum Gasteiger partial charge on any atom is 0.308 e. The van der Waals surface area contributed by atoms with Crippen molar-refractivity contribution in [2.75, 3.05) is 5.32 Å². The molecule has 0 saturated heterocycles. The SMILES string of the molecule is Cc1c(CO)sc2c1C(c1ccc(Nc3ccc(F)cc3)cc1)=N[C@@H](C(C)C(=O)O)c1nnc(C)n1-2. The number of aliphatic imine (C=N–C) groups is 1. The van der Waals surface area contributed by atoms with Crippen molar-refractivity contribution in [1.29, 1.82) is 0 Å². The van der Waals surface area contributed by atoms with Crippen LogP contribution in [0.1, 0.15) is 46.2 Å². The highest BCUT2D eigenvalue weighted by molar-refractivity contribution is 7.15. The lowest BCUT2D eigenvalue weighted by Crippen LogP contribution is -2.21. The van der Waals surface area contributed by atoms with E-state index < -0.39 is 17.9 Å². The fourth-order valence-corrected chi connectivity index (χ4v) is 5.54. The molecule has 0 amide bonds. The van der Waals surface area contributed by atoms with Gasteiger partial charge < -0.3 is 15.5 Å². The highest BCUT2D eigenvalue weighted by Gasteiger charge is 2.36. The number of aryl methyl sites for hydroxylation is 1. The van der Waals surface area contributed by atoms with E-state index in [2.05, 4.69) is 15.5 Å². The van der Waals surface area contributed by atoms with Gasteiger partial charge in [-0.15, -0.1) is 21.5 Å². The Hall–Kier alpha value is -3.89. The Labute approximate surface area is 210 Å². The van der Waals surface area contributed by atoms with E-state index in [-0.39, 0.29) is 12.4 Å². The number of hydrogen-bond donors (Lipinski definition) is 3. The third-order valence-corrected chi connectivity index (χ3v) is 7.61. The number of fused-ring (bicyclic) bond motifs is 3. The Bertz CT molecular complexity index is 1470. The standard InChI is InChI=1S/C26H24FN5O3S/c1-13-20(12-33)36-25-21(13)23(29-22(14(2)26(34)35)24-31-30-15(3)32(24)25)16-4-8-18(9-5-16)28-19-10-6-17(27)7-11-19/h4-11,14,22,28,33H,12H2,1-3H3,(H,34,35)/t14?,22-/m0/s1. The maximum atomic E-state index is 13.2. The number of aliphatic hydroxyl groups excluding tert-OH is 1. The number of nitrogens with one attached hydrogen (secondary N) is 1. The fourth-order valence-electron chi connectivity index (χ4n) is 4.31. The summed E-state index contributed by atoms with van der Waals surface area (Å²) in [7, 11) is 0. The number of nitrogens with zero attached hydrogens (tertiary/aromatic N) is 4. The number of halogens is 1. The molecule has 0 aliphatic carbocycles.